The maximum Gasteiger partial charge on any atom is 0.148 e. The van der Waals surface area contributed by atoms with Crippen LogP contribution in [0.5, 0.6) is 0 Å². The average Bonchev–Trinajstić information content (AvgIpc) is 2.07. The van der Waals surface area contributed by atoms with Crippen LogP contribution in [0.25, 0.3) is 0 Å². The van der Waals surface area contributed by atoms with Crippen LogP contribution in [-0.4, -0.2) is 31.2 Å². The molecule has 0 unspecified atom stereocenters. The van der Waals surface area contributed by atoms with Crippen LogP contribution in [0.2, 0.25) is 0 Å². The molecule has 1 rings (SSSR count). The van der Waals surface area contributed by atoms with Gasteiger partial charge < -0.3 is 0 Å². The van der Waals surface area contributed by atoms with Gasteiger partial charge in [0.1, 0.15) is 14.9 Å². The summed E-state index contributed by atoms with van der Waals surface area (Å²) in [7, 11) is -2.89. The van der Waals surface area contributed by atoms with E-state index < -0.39 is 9.84 Å². The maximum atomic E-state index is 10.9. The van der Waals surface area contributed by atoms with Crippen molar-refractivity contribution in [1.82, 2.24) is 4.98 Å². The highest BCUT2D eigenvalue weighted by Gasteiger charge is 2.06. The van der Waals surface area contributed by atoms with Crippen molar-refractivity contribution < 1.29 is 8.42 Å². The molecule has 0 aliphatic rings. The molecule has 1 aromatic heterocycles. The van der Waals surface area contributed by atoms with Crippen molar-refractivity contribution in [2.75, 3.05) is 17.8 Å². The Morgan fingerprint density at radius 3 is 2.67 bits per heavy atom. The molecule has 0 saturated carbocycles. The van der Waals surface area contributed by atoms with Crippen LogP contribution in [0.15, 0.2) is 26.2 Å². The van der Waals surface area contributed by atoms with Gasteiger partial charge in [-0.05, 0) is 37.9 Å². The summed E-state index contributed by atoms with van der Waals surface area (Å²) in [5.74, 6) is 0.688. The Hall–Kier alpha value is 0.410. The Kier molecular flexibility index (Phi) is 5.08. The van der Waals surface area contributed by atoms with E-state index in [1.54, 1.807) is 6.20 Å². The van der Waals surface area contributed by atoms with Gasteiger partial charge in [-0.1, -0.05) is 0 Å². The monoisotopic (exact) mass is 373 g/mol. The second kappa shape index (κ2) is 5.65. The highest BCUT2D eigenvalue weighted by atomic mass is 79.9. The number of aromatic nitrogens is 1. The van der Waals surface area contributed by atoms with Crippen LogP contribution in [-0.2, 0) is 9.84 Å². The number of thioether (sulfide) groups is 1. The lowest BCUT2D eigenvalue weighted by Gasteiger charge is -2.02. The van der Waals surface area contributed by atoms with E-state index in [1.807, 2.05) is 6.07 Å². The lowest BCUT2D eigenvalue weighted by atomic mass is 10.5. The third kappa shape index (κ3) is 5.33. The largest absolute Gasteiger partial charge is 0.248 e. The zero-order valence-corrected chi connectivity index (χ0v) is 12.7. The second-order valence-electron chi connectivity index (χ2n) is 2.92. The normalized spacial score (nSPS) is 11.7. The first kappa shape index (κ1) is 13.5. The van der Waals surface area contributed by atoms with Crippen LogP contribution < -0.4 is 0 Å². The number of hydrogen-bond acceptors (Lipinski definition) is 4. The summed E-state index contributed by atoms with van der Waals surface area (Å²) in [6, 6.07) is 1.88. The molecule has 0 aliphatic heterocycles. The summed E-state index contributed by atoms with van der Waals surface area (Å²) in [4.78, 5) is 4.17. The van der Waals surface area contributed by atoms with Gasteiger partial charge in [0.15, 0.2) is 0 Å². The Bertz CT molecular complexity index is 448. The van der Waals surface area contributed by atoms with Crippen molar-refractivity contribution in [3.05, 3.63) is 21.2 Å². The molecule has 0 spiro atoms. The van der Waals surface area contributed by atoms with Crippen molar-refractivity contribution in [3.8, 4) is 0 Å². The van der Waals surface area contributed by atoms with Crippen LogP contribution >= 0.6 is 43.6 Å². The molecule has 15 heavy (non-hydrogen) atoms. The van der Waals surface area contributed by atoms with Gasteiger partial charge in [0, 0.05) is 22.7 Å². The van der Waals surface area contributed by atoms with Crippen molar-refractivity contribution in [1.29, 1.82) is 0 Å². The molecule has 0 radical (unpaired) electrons. The van der Waals surface area contributed by atoms with Gasteiger partial charge in [-0.15, -0.1) is 11.8 Å². The zero-order valence-electron chi connectivity index (χ0n) is 7.91. The predicted molar refractivity (Wildman–Crippen MR) is 70.1 cm³/mol. The molecule has 0 aromatic carbocycles. The lowest BCUT2D eigenvalue weighted by molar-refractivity contribution is 0.603. The van der Waals surface area contributed by atoms with Gasteiger partial charge in [-0.2, -0.15) is 0 Å². The topological polar surface area (TPSA) is 47.0 Å². The molecule has 1 heterocycles. The number of sulfone groups is 1. The van der Waals surface area contributed by atoms with Crippen LogP contribution in [0.3, 0.4) is 0 Å². The van der Waals surface area contributed by atoms with Gasteiger partial charge in [-0.25, -0.2) is 13.4 Å². The van der Waals surface area contributed by atoms with E-state index in [2.05, 4.69) is 36.8 Å². The van der Waals surface area contributed by atoms with E-state index in [-0.39, 0.29) is 5.75 Å². The number of hydrogen-bond donors (Lipinski definition) is 0. The lowest BCUT2D eigenvalue weighted by Crippen LogP contribution is -2.05. The van der Waals surface area contributed by atoms with E-state index in [4.69, 9.17) is 0 Å². The van der Waals surface area contributed by atoms with Crippen molar-refractivity contribution in [2.45, 2.75) is 5.03 Å². The number of nitrogens with zero attached hydrogens (tertiary/aromatic N) is 1. The Balaban J connectivity index is 2.59. The molecule has 0 bridgehead atoms. The van der Waals surface area contributed by atoms with Crippen LogP contribution in [0.4, 0.5) is 0 Å². The first-order valence-electron chi connectivity index (χ1n) is 4.00. The number of pyridine rings is 1. The molecule has 0 atom stereocenters. The molecule has 7 heteroatoms. The summed E-state index contributed by atoms with van der Waals surface area (Å²) in [5.41, 5.74) is 0. The van der Waals surface area contributed by atoms with Gasteiger partial charge >= 0.3 is 0 Å². The summed E-state index contributed by atoms with van der Waals surface area (Å²) in [5, 5.41) is 0.807. The van der Waals surface area contributed by atoms with E-state index in [1.165, 1.54) is 18.0 Å². The third-order valence-corrected chi connectivity index (χ3v) is 4.98. The highest BCUT2D eigenvalue weighted by molar-refractivity contribution is 9.11. The van der Waals surface area contributed by atoms with Gasteiger partial charge in [0.05, 0.1) is 10.2 Å². The molecular formula is C8H9Br2NO2S2. The fraction of sp³-hybridized carbons (Fsp3) is 0.375. The van der Waals surface area contributed by atoms with Gasteiger partial charge in [0.2, 0.25) is 0 Å². The zero-order chi connectivity index (χ0) is 11.5. The third-order valence-electron chi connectivity index (χ3n) is 1.47. The minimum atomic E-state index is -2.89. The SMILES string of the molecule is CS(=O)(=O)CCSc1ncc(Br)cc1Br. The highest BCUT2D eigenvalue weighted by Crippen LogP contribution is 2.27. The number of rotatable bonds is 4. The summed E-state index contributed by atoms with van der Waals surface area (Å²) < 4.78 is 23.6. The number of halogens is 2. The molecule has 1 aromatic rings. The molecule has 0 fully saturated rings. The van der Waals surface area contributed by atoms with Crippen molar-refractivity contribution >= 4 is 53.5 Å². The van der Waals surface area contributed by atoms with E-state index in [0.29, 0.717) is 5.75 Å². The fourth-order valence-electron chi connectivity index (χ4n) is 0.798. The van der Waals surface area contributed by atoms with E-state index in [9.17, 15) is 8.42 Å². The van der Waals surface area contributed by atoms with Crippen LogP contribution in [0.1, 0.15) is 0 Å². The molecular weight excluding hydrogens is 366 g/mol. The smallest absolute Gasteiger partial charge is 0.148 e. The maximum absolute atomic E-state index is 10.9. The minimum absolute atomic E-state index is 0.169. The second-order valence-corrected chi connectivity index (χ2v) is 8.03. The molecule has 0 saturated heterocycles. The van der Waals surface area contributed by atoms with Gasteiger partial charge in [-0.3, -0.25) is 0 Å². The Morgan fingerprint density at radius 2 is 2.13 bits per heavy atom. The van der Waals surface area contributed by atoms with E-state index >= 15 is 0 Å². The van der Waals surface area contributed by atoms with Crippen molar-refractivity contribution in [2.24, 2.45) is 0 Å². The summed E-state index contributed by atoms with van der Waals surface area (Å²) >= 11 is 8.09. The van der Waals surface area contributed by atoms with Crippen LogP contribution in [0, 0.1) is 0 Å². The molecule has 84 valence electrons. The molecule has 3 nitrogen and oxygen atoms in total. The Morgan fingerprint density at radius 1 is 1.47 bits per heavy atom. The van der Waals surface area contributed by atoms with Crippen molar-refractivity contribution in [3.63, 3.8) is 0 Å². The minimum Gasteiger partial charge on any atom is -0.248 e. The first-order chi connectivity index (χ1) is 6.88. The molecule has 0 aliphatic carbocycles. The summed E-state index contributed by atoms with van der Waals surface area (Å²) in [6.07, 6.45) is 2.92. The molecule has 0 N–H and O–H groups in total. The van der Waals surface area contributed by atoms with E-state index in [0.717, 1.165) is 14.0 Å². The summed E-state index contributed by atoms with van der Waals surface area (Å²) in [6.45, 7) is 0. The van der Waals surface area contributed by atoms with Gasteiger partial charge in [0.25, 0.3) is 0 Å². The average molecular weight is 375 g/mol. The predicted octanol–water partition coefficient (Wildman–Crippen LogP) is 2.74. The molecule has 0 amide bonds. The standard InChI is InChI=1S/C8H9Br2NO2S2/c1-15(12,13)3-2-14-8-7(10)4-6(9)5-11-8/h4-5H,2-3H2,1H3. The Labute approximate surface area is 110 Å². The fourth-order valence-corrected chi connectivity index (χ4v) is 4.19. The first-order valence-corrected chi connectivity index (χ1v) is 8.63. The quantitative estimate of drug-likeness (QED) is 0.760.